The lowest BCUT2D eigenvalue weighted by Crippen LogP contribution is -2.40. The highest BCUT2D eigenvalue weighted by molar-refractivity contribution is 7.80. The lowest BCUT2D eigenvalue weighted by atomic mass is 10.1. The van der Waals surface area contributed by atoms with Gasteiger partial charge in [0.05, 0.1) is 6.04 Å². The van der Waals surface area contributed by atoms with Crippen LogP contribution in [0.4, 0.5) is 8.78 Å². The minimum absolute atomic E-state index is 0.209. The van der Waals surface area contributed by atoms with Crippen molar-refractivity contribution in [1.82, 2.24) is 10.6 Å². The minimum Gasteiger partial charge on any atom is -0.361 e. The summed E-state index contributed by atoms with van der Waals surface area (Å²) in [7, 11) is 0. The van der Waals surface area contributed by atoms with E-state index in [9.17, 15) is 8.78 Å². The Bertz CT molecular complexity index is 407. The number of thiocarbonyl (C=S) groups is 1. The van der Waals surface area contributed by atoms with Gasteiger partial charge in [-0.05, 0) is 39.1 Å². The molecule has 5 heteroatoms. The van der Waals surface area contributed by atoms with Crippen LogP contribution in [0.1, 0.15) is 32.4 Å². The van der Waals surface area contributed by atoms with Gasteiger partial charge in [-0.3, -0.25) is 0 Å². The van der Waals surface area contributed by atoms with E-state index >= 15 is 0 Å². The highest BCUT2D eigenvalue weighted by atomic mass is 32.1. The zero-order chi connectivity index (χ0) is 13.0. The van der Waals surface area contributed by atoms with Crippen LogP contribution in [-0.4, -0.2) is 11.2 Å². The quantitative estimate of drug-likeness (QED) is 0.815. The van der Waals surface area contributed by atoms with Crippen molar-refractivity contribution in [3.8, 4) is 0 Å². The Morgan fingerprint density at radius 1 is 1.18 bits per heavy atom. The van der Waals surface area contributed by atoms with Gasteiger partial charge in [-0.2, -0.15) is 0 Å². The lowest BCUT2D eigenvalue weighted by Gasteiger charge is -2.19. The summed E-state index contributed by atoms with van der Waals surface area (Å²) in [5.41, 5.74) is 0.388. The van der Waals surface area contributed by atoms with Crippen LogP contribution < -0.4 is 10.6 Å². The molecule has 0 amide bonds. The third-order valence-electron chi connectivity index (χ3n) is 2.20. The summed E-state index contributed by atoms with van der Waals surface area (Å²) in [5, 5.41) is 6.40. The van der Waals surface area contributed by atoms with Crippen LogP contribution in [0, 0.1) is 11.6 Å². The van der Waals surface area contributed by atoms with Crippen LogP contribution in [0.5, 0.6) is 0 Å². The van der Waals surface area contributed by atoms with Crippen LogP contribution in [0.2, 0.25) is 0 Å². The smallest absolute Gasteiger partial charge is 0.166 e. The standard InChI is InChI=1S/C12H16F2N2S/c1-7(2)15-12(17)16-8(3)10-5-4-9(13)6-11(10)14/h4-8H,1-3H3,(H2,15,16,17)/t8-/m0/s1. The second-order valence-electron chi connectivity index (χ2n) is 4.16. The zero-order valence-electron chi connectivity index (χ0n) is 10.1. The Hall–Kier alpha value is -1.23. The highest BCUT2D eigenvalue weighted by Gasteiger charge is 2.12. The predicted molar refractivity (Wildman–Crippen MR) is 68.8 cm³/mol. The van der Waals surface area contributed by atoms with Gasteiger partial charge in [0.25, 0.3) is 0 Å². The number of nitrogens with one attached hydrogen (secondary N) is 2. The van der Waals surface area contributed by atoms with Crippen molar-refractivity contribution in [3.63, 3.8) is 0 Å². The first-order valence-electron chi connectivity index (χ1n) is 5.42. The van der Waals surface area contributed by atoms with Crippen molar-refractivity contribution in [2.45, 2.75) is 32.9 Å². The Balaban J connectivity index is 2.69. The molecule has 0 saturated heterocycles. The van der Waals surface area contributed by atoms with Crippen LogP contribution in [0.3, 0.4) is 0 Å². The molecule has 0 aromatic heterocycles. The molecule has 1 atom stereocenters. The van der Waals surface area contributed by atoms with E-state index in [-0.39, 0.29) is 12.1 Å². The molecule has 2 N–H and O–H groups in total. The molecule has 94 valence electrons. The Morgan fingerprint density at radius 2 is 1.82 bits per heavy atom. The topological polar surface area (TPSA) is 24.1 Å². The summed E-state index contributed by atoms with van der Waals surface area (Å²) in [6.07, 6.45) is 0. The SMILES string of the molecule is CC(C)NC(=S)N[C@@H](C)c1ccc(F)cc1F. The van der Waals surface area contributed by atoms with Crippen molar-refractivity contribution in [2.75, 3.05) is 0 Å². The average molecular weight is 258 g/mol. The second kappa shape index (κ2) is 5.91. The number of hydrogen-bond donors (Lipinski definition) is 2. The van der Waals surface area contributed by atoms with E-state index in [0.29, 0.717) is 10.7 Å². The van der Waals surface area contributed by atoms with Gasteiger partial charge in [-0.15, -0.1) is 0 Å². The number of hydrogen-bond acceptors (Lipinski definition) is 1. The summed E-state index contributed by atoms with van der Waals surface area (Å²) in [5.74, 6) is -1.15. The average Bonchev–Trinajstić information content (AvgIpc) is 2.15. The van der Waals surface area contributed by atoms with Gasteiger partial charge in [0.15, 0.2) is 5.11 Å². The molecule has 0 heterocycles. The Kier molecular flexibility index (Phi) is 4.81. The molecule has 0 saturated carbocycles. The molecule has 0 bridgehead atoms. The van der Waals surface area contributed by atoms with Gasteiger partial charge >= 0.3 is 0 Å². The molecule has 0 aliphatic rings. The molecule has 0 radical (unpaired) electrons. The third kappa shape index (κ3) is 4.26. The van der Waals surface area contributed by atoms with E-state index in [1.165, 1.54) is 12.1 Å². The van der Waals surface area contributed by atoms with Gasteiger partial charge in [0, 0.05) is 17.7 Å². The fraction of sp³-hybridized carbons (Fsp3) is 0.417. The molecule has 17 heavy (non-hydrogen) atoms. The minimum atomic E-state index is -0.582. The van der Waals surface area contributed by atoms with Gasteiger partial charge < -0.3 is 10.6 Å². The molecule has 0 aliphatic carbocycles. The van der Waals surface area contributed by atoms with Crippen molar-refractivity contribution >= 4 is 17.3 Å². The molecule has 0 spiro atoms. The fourth-order valence-corrected chi connectivity index (χ4v) is 1.84. The third-order valence-corrected chi connectivity index (χ3v) is 2.43. The van der Waals surface area contributed by atoms with Crippen LogP contribution in [-0.2, 0) is 0 Å². The first kappa shape index (κ1) is 13.8. The molecule has 1 aromatic rings. The van der Waals surface area contributed by atoms with E-state index in [4.69, 9.17) is 12.2 Å². The van der Waals surface area contributed by atoms with E-state index in [1.54, 1.807) is 6.92 Å². The lowest BCUT2D eigenvalue weighted by molar-refractivity contribution is 0.551. The number of benzene rings is 1. The molecular weight excluding hydrogens is 242 g/mol. The number of halogens is 2. The molecule has 0 aliphatic heterocycles. The van der Waals surface area contributed by atoms with Gasteiger partial charge in [0.2, 0.25) is 0 Å². The van der Waals surface area contributed by atoms with E-state index in [1.807, 2.05) is 13.8 Å². The summed E-state index contributed by atoms with van der Waals surface area (Å²) in [6, 6.07) is 3.41. The highest BCUT2D eigenvalue weighted by Crippen LogP contribution is 2.17. The van der Waals surface area contributed by atoms with Crippen LogP contribution in [0.15, 0.2) is 18.2 Å². The molecule has 2 nitrogen and oxygen atoms in total. The monoisotopic (exact) mass is 258 g/mol. The predicted octanol–water partition coefficient (Wildman–Crippen LogP) is 2.90. The fourth-order valence-electron chi connectivity index (χ4n) is 1.43. The van der Waals surface area contributed by atoms with Gasteiger partial charge in [-0.25, -0.2) is 8.78 Å². The largest absolute Gasteiger partial charge is 0.361 e. The maximum absolute atomic E-state index is 13.5. The summed E-state index contributed by atoms with van der Waals surface area (Å²) >= 11 is 5.06. The Morgan fingerprint density at radius 3 is 2.35 bits per heavy atom. The molecular formula is C12H16F2N2S. The molecule has 1 aromatic carbocycles. The van der Waals surface area contributed by atoms with Gasteiger partial charge in [-0.1, -0.05) is 6.07 Å². The van der Waals surface area contributed by atoms with E-state index in [0.717, 1.165) is 6.07 Å². The first-order valence-corrected chi connectivity index (χ1v) is 5.83. The van der Waals surface area contributed by atoms with Crippen LogP contribution >= 0.6 is 12.2 Å². The molecule has 1 rings (SSSR count). The maximum atomic E-state index is 13.5. The van der Waals surface area contributed by atoms with Crippen molar-refractivity contribution in [3.05, 3.63) is 35.4 Å². The van der Waals surface area contributed by atoms with E-state index < -0.39 is 11.6 Å². The summed E-state index contributed by atoms with van der Waals surface area (Å²) < 4.78 is 26.2. The van der Waals surface area contributed by atoms with Crippen molar-refractivity contribution < 1.29 is 8.78 Å². The summed E-state index contributed by atoms with van der Waals surface area (Å²) in [4.78, 5) is 0. The number of rotatable bonds is 3. The maximum Gasteiger partial charge on any atom is 0.166 e. The Labute approximate surface area is 105 Å². The summed E-state index contributed by atoms with van der Waals surface area (Å²) in [6.45, 7) is 5.68. The normalized spacial score (nSPS) is 12.4. The molecule has 0 fully saturated rings. The van der Waals surface area contributed by atoms with Crippen LogP contribution in [0.25, 0.3) is 0 Å². The second-order valence-corrected chi connectivity index (χ2v) is 4.57. The van der Waals surface area contributed by atoms with Crippen molar-refractivity contribution in [2.24, 2.45) is 0 Å². The first-order chi connectivity index (χ1) is 7.90. The zero-order valence-corrected chi connectivity index (χ0v) is 10.9. The van der Waals surface area contributed by atoms with Gasteiger partial charge in [0.1, 0.15) is 11.6 Å². The van der Waals surface area contributed by atoms with E-state index in [2.05, 4.69) is 10.6 Å². The van der Waals surface area contributed by atoms with Crippen molar-refractivity contribution in [1.29, 1.82) is 0 Å². The molecule has 0 unspecified atom stereocenters.